The summed E-state index contributed by atoms with van der Waals surface area (Å²) < 4.78 is 6.86. The van der Waals surface area contributed by atoms with Crippen molar-refractivity contribution < 1.29 is 19.4 Å². The first-order valence-electron chi connectivity index (χ1n) is 7.14. The molecule has 0 aliphatic carbocycles. The van der Waals surface area contributed by atoms with Crippen molar-refractivity contribution in [1.82, 2.24) is 5.32 Å². The number of carboxylic acids is 1. The molecule has 0 bridgehead atoms. The Morgan fingerprint density at radius 1 is 1.21 bits per heavy atom. The third kappa shape index (κ3) is 5.69. The van der Waals surface area contributed by atoms with E-state index in [0.717, 1.165) is 9.13 Å². The summed E-state index contributed by atoms with van der Waals surface area (Å²) in [5, 5.41) is 11.3. The quantitative estimate of drug-likeness (QED) is 0.537. The fraction of sp³-hybridized carbons (Fsp3) is 0.111. The second kappa shape index (κ2) is 8.49. The fourth-order valence-corrected chi connectivity index (χ4v) is 2.57. The summed E-state index contributed by atoms with van der Waals surface area (Å²) >= 11 is 2.25. The summed E-state index contributed by atoms with van der Waals surface area (Å²) in [6, 6.07) is 15.0. The molecule has 124 valence electrons. The van der Waals surface area contributed by atoms with Gasteiger partial charge in [0.25, 0.3) is 0 Å². The smallest absolute Gasteiger partial charge is 0.352 e. The van der Waals surface area contributed by atoms with Crippen molar-refractivity contribution in [1.29, 1.82) is 0 Å². The average molecular weight is 437 g/mol. The van der Waals surface area contributed by atoms with Crippen LogP contribution in [0.15, 0.2) is 54.2 Å². The van der Waals surface area contributed by atoms with Gasteiger partial charge in [-0.2, -0.15) is 0 Å². The number of benzene rings is 2. The van der Waals surface area contributed by atoms with Gasteiger partial charge in [0.1, 0.15) is 18.1 Å². The zero-order valence-corrected chi connectivity index (χ0v) is 15.1. The Hall–Kier alpha value is -2.35. The Bertz CT molecular complexity index is 769. The SMILES string of the molecule is CC(=O)N/C(=C/c1ccc(OCc2cccc(I)c2)cc1)C(=O)O. The second-order valence-corrected chi connectivity index (χ2v) is 6.28. The summed E-state index contributed by atoms with van der Waals surface area (Å²) in [4.78, 5) is 22.1. The lowest BCUT2D eigenvalue weighted by molar-refractivity contribution is -0.134. The van der Waals surface area contributed by atoms with Crippen LogP contribution in [0.4, 0.5) is 0 Å². The monoisotopic (exact) mass is 437 g/mol. The Morgan fingerprint density at radius 2 is 1.92 bits per heavy atom. The number of nitrogens with one attached hydrogen (secondary N) is 1. The fourth-order valence-electron chi connectivity index (χ4n) is 1.96. The zero-order chi connectivity index (χ0) is 17.5. The van der Waals surface area contributed by atoms with Crippen molar-refractivity contribution in [2.24, 2.45) is 0 Å². The first-order chi connectivity index (χ1) is 11.4. The van der Waals surface area contributed by atoms with Crippen molar-refractivity contribution in [2.75, 3.05) is 0 Å². The van der Waals surface area contributed by atoms with Crippen LogP contribution < -0.4 is 10.1 Å². The van der Waals surface area contributed by atoms with Crippen LogP contribution in [0.5, 0.6) is 5.75 Å². The number of halogens is 1. The van der Waals surface area contributed by atoms with Crippen molar-refractivity contribution in [3.63, 3.8) is 0 Å². The number of carbonyl (C=O) groups is 2. The van der Waals surface area contributed by atoms with Gasteiger partial charge in [0.05, 0.1) is 0 Å². The highest BCUT2D eigenvalue weighted by molar-refractivity contribution is 14.1. The van der Waals surface area contributed by atoms with E-state index in [2.05, 4.69) is 27.9 Å². The largest absolute Gasteiger partial charge is 0.489 e. The van der Waals surface area contributed by atoms with E-state index in [-0.39, 0.29) is 5.70 Å². The van der Waals surface area contributed by atoms with Gasteiger partial charge < -0.3 is 15.2 Å². The Morgan fingerprint density at radius 3 is 2.50 bits per heavy atom. The molecule has 2 N–H and O–H groups in total. The van der Waals surface area contributed by atoms with Crippen LogP contribution in [-0.4, -0.2) is 17.0 Å². The molecule has 0 heterocycles. The van der Waals surface area contributed by atoms with Crippen molar-refractivity contribution >= 4 is 40.5 Å². The third-order valence-electron chi connectivity index (χ3n) is 3.03. The van der Waals surface area contributed by atoms with E-state index in [4.69, 9.17) is 9.84 Å². The second-order valence-electron chi connectivity index (χ2n) is 5.03. The number of carboxylic acid groups (broad SMARTS) is 1. The number of hydrogen-bond donors (Lipinski definition) is 2. The molecule has 24 heavy (non-hydrogen) atoms. The molecule has 0 saturated heterocycles. The Labute approximate surface area is 153 Å². The van der Waals surface area contributed by atoms with Crippen LogP contribution in [0.1, 0.15) is 18.1 Å². The van der Waals surface area contributed by atoms with Gasteiger partial charge in [-0.25, -0.2) is 4.79 Å². The Balaban J connectivity index is 2.04. The molecule has 0 aliphatic heterocycles. The van der Waals surface area contributed by atoms with E-state index < -0.39 is 11.9 Å². The van der Waals surface area contributed by atoms with Crippen LogP contribution in [0.2, 0.25) is 0 Å². The molecule has 0 fully saturated rings. The summed E-state index contributed by atoms with van der Waals surface area (Å²) in [6.45, 7) is 1.72. The molecule has 0 atom stereocenters. The molecule has 0 spiro atoms. The lowest BCUT2D eigenvalue weighted by atomic mass is 10.2. The molecule has 0 aromatic heterocycles. The highest BCUT2D eigenvalue weighted by Crippen LogP contribution is 2.16. The van der Waals surface area contributed by atoms with Gasteiger partial charge in [-0.1, -0.05) is 24.3 Å². The van der Waals surface area contributed by atoms with Crippen molar-refractivity contribution in [2.45, 2.75) is 13.5 Å². The van der Waals surface area contributed by atoms with E-state index in [0.29, 0.717) is 17.9 Å². The van der Waals surface area contributed by atoms with Gasteiger partial charge in [-0.3, -0.25) is 4.79 Å². The lowest BCUT2D eigenvalue weighted by Crippen LogP contribution is -2.24. The molecule has 1 amide bonds. The van der Waals surface area contributed by atoms with E-state index in [9.17, 15) is 9.59 Å². The summed E-state index contributed by atoms with van der Waals surface area (Å²) in [6.07, 6.45) is 1.40. The van der Waals surface area contributed by atoms with Crippen LogP contribution in [0.3, 0.4) is 0 Å². The summed E-state index contributed by atoms with van der Waals surface area (Å²) in [5.74, 6) is -0.937. The van der Waals surface area contributed by atoms with E-state index in [1.54, 1.807) is 24.3 Å². The highest BCUT2D eigenvalue weighted by Gasteiger charge is 2.08. The standard InChI is InChI=1S/C18H16INO4/c1-12(21)20-17(18(22)23)10-13-5-7-16(8-6-13)24-11-14-3-2-4-15(19)9-14/h2-10H,11H2,1H3,(H,20,21)(H,22,23)/b17-10+. The Kier molecular flexibility index (Phi) is 6.36. The minimum Gasteiger partial charge on any atom is -0.489 e. The minimum atomic E-state index is -1.19. The number of carbonyl (C=O) groups excluding carboxylic acids is 1. The highest BCUT2D eigenvalue weighted by atomic mass is 127. The molecule has 0 aliphatic rings. The van der Waals surface area contributed by atoms with Crippen molar-refractivity contribution in [3.8, 4) is 5.75 Å². The topological polar surface area (TPSA) is 75.6 Å². The number of amides is 1. The maximum absolute atomic E-state index is 11.1. The summed E-state index contributed by atoms with van der Waals surface area (Å²) in [7, 11) is 0. The van der Waals surface area contributed by atoms with Crippen LogP contribution >= 0.6 is 22.6 Å². The number of hydrogen-bond acceptors (Lipinski definition) is 3. The van der Waals surface area contributed by atoms with Gasteiger partial charge >= 0.3 is 5.97 Å². The van der Waals surface area contributed by atoms with Crippen LogP contribution in [-0.2, 0) is 16.2 Å². The van der Waals surface area contributed by atoms with Gasteiger partial charge in [-0.15, -0.1) is 0 Å². The van der Waals surface area contributed by atoms with Gasteiger partial charge in [0.2, 0.25) is 5.91 Å². The predicted molar refractivity (Wildman–Crippen MR) is 99.4 cm³/mol. The molecule has 0 unspecified atom stereocenters. The van der Waals surface area contributed by atoms with Crippen LogP contribution in [0, 0.1) is 3.57 Å². The summed E-state index contributed by atoms with van der Waals surface area (Å²) in [5.41, 5.74) is 1.56. The van der Waals surface area contributed by atoms with E-state index in [1.807, 2.05) is 24.3 Å². The first-order valence-corrected chi connectivity index (χ1v) is 8.22. The zero-order valence-electron chi connectivity index (χ0n) is 13.0. The maximum atomic E-state index is 11.1. The van der Waals surface area contributed by atoms with Crippen molar-refractivity contribution in [3.05, 3.63) is 68.9 Å². The van der Waals surface area contributed by atoms with Gasteiger partial charge in [-0.05, 0) is 64.1 Å². The normalized spacial score (nSPS) is 11.0. The molecular weight excluding hydrogens is 421 g/mol. The molecule has 2 aromatic rings. The van der Waals surface area contributed by atoms with Gasteiger partial charge in [0.15, 0.2) is 0 Å². The van der Waals surface area contributed by atoms with E-state index in [1.165, 1.54) is 13.0 Å². The molecule has 2 aromatic carbocycles. The molecular formula is C18H16INO4. The predicted octanol–water partition coefficient (Wildman–Crippen LogP) is 3.43. The van der Waals surface area contributed by atoms with Gasteiger partial charge in [0, 0.05) is 10.5 Å². The third-order valence-corrected chi connectivity index (χ3v) is 3.70. The van der Waals surface area contributed by atoms with E-state index >= 15 is 0 Å². The molecule has 0 saturated carbocycles. The molecule has 5 nitrogen and oxygen atoms in total. The number of rotatable bonds is 6. The number of aliphatic carboxylic acids is 1. The molecule has 0 radical (unpaired) electrons. The lowest BCUT2D eigenvalue weighted by Gasteiger charge is -2.07. The van der Waals surface area contributed by atoms with Crippen LogP contribution in [0.25, 0.3) is 6.08 Å². The maximum Gasteiger partial charge on any atom is 0.352 e. The number of ether oxygens (including phenoxy) is 1. The first kappa shape index (κ1) is 18.0. The molecule has 6 heteroatoms. The molecule has 2 rings (SSSR count). The minimum absolute atomic E-state index is 0.171. The average Bonchev–Trinajstić information content (AvgIpc) is 2.53.